The second-order valence-corrected chi connectivity index (χ2v) is 7.08. The van der Waals surface area contributed by atoms with Crippen LogP contribution in [-0.4, -0.2) is 31.2 Å². The zero-order valence-corrected chi connectivity index (χ0v) is 20.5. The number of methoxy groups -OCH3 is 1. The number of hydrogen-bond acceptors (Lipinski definition) is 5. The van der Waals surface area contributed by atoms with Crippen LogP contribution in [0.15, 0.2) is 76.3 Å². The van der Waals surface area contributed by atoms with Gasteiger partial charge in [-0.25, -0.2) is 0 Å². The zero-order chi connectivity index (χ0) is 22.9. The summed E-state index contributed by atoms with van der Waals surface area (Å²) < 4.78 is 17.0. The highest BCUT2D eigenvalue weighted by atomic mass is 32.2. The van der Waals surface area contributed by atoms with E-state index in [9.17, 15) is 5.11 Å². The smallest absolute Gasteiger partial charge is 0.131 e. The van der Waals surface area contributed by atoms with E-state index in [0.29, 0.717) is 29.4 Å². The van der Waals surface area contributed by atoms with Gasteiger partial charge in [0.25, 0.3) is 0 Å². The predicted octanol–water partition coefficient (Wildman–Crippen LogP) is 7.45. The maximum Gasteiger partial charge on any atom is 0.131 e. The Morgan fingerprint density at radius 1 is 1.17 bits per heavy atom. The molecule has 0 bridgehead atoms. The van der Waals surface area contributed by atoms with E-state index >= 15 is 0 Å². The second kappa shape index (κ2) is 16.7. The minimum atomic E-state index is -0.0714. The molecule has 0 spiro atoms. The largest absolute Gasteiger partial charge is 0.508 e. The molecule has 0 heterocycles. The van der Waals surface area contributed by atoms with Gasteiger partial charge in [0.15, 0.2) is 0 Å². The highest BCUT2D eigenvalue weighted by Gasteiger charge is 2.07. The van der Waals surface area contributed by atoms with Crippen LogP contribution in [0.3, 0.4) is 0 Å². The fraction of sp³-hybridized carbons (Fsp3) is 0.440. The Hall–Kier alpha value is -2.11. The maximum absolute atomic E-state index is 10.3. The van der Waals surface area contributed by atoms with Gasteiger partial charge in [0, 0.05) is 23.7 Å². The lowest BCUT2D eigenvalue weighted by molar-refractivity contribution is 0.0488. The lowest BCUT2D eigenvalue weighted by Gasteiger charge is -2.15. The van der Waals surface area contributed by atoms with Gasteiger partial charge < -0.3 is 19.3 Å². The van der Waals surface area contributed by atoms with Crippen LogP contribution in [-0.2, 0) is 9.47 Å². The summed E-state index contributed by atoms with van der Waals surface area (Å²) in [5.41, 5.74) is 0.687. The fourth-order valence-electron chi connectivity index (χ4n) is 2.47. The molecule has 0 amide bonds. The molecule has 0 aliphatic heterocycles. The van der Waals surface area contributed by atoms with Crippen LogP contribution in [0.1, 0.15) is 48.0 Å². The average molecular weight is 435 g/mol. The number of ether oxygens (including phenoxy) is 3. The number of aliphatic hydroxyl groups is 1. The van der Waals surface area contributed by atoms with Gasteiger partial charge in [-0.3, -0.25) is 0 Å². The van der Waals surface area contributed by atoms with Crippen LogP contribution in [0.4, 0.5) is 0 Å². The molecular formula is C25H38O4S. The second-order valence-electron chi connectivity index (χ2n) is 6.20. The summed E-state index contributed by atoms with van der Waals surface area (Å²) in [5, 5.41) is 10.3. The lowest BCUT2D eigenvalue weighted by atomic mass is 10.1. The first-order valence-corrected chi connectivity index (χ1v) is 11.6. The summed E-state index contributed by atoms with van der Waals surface area (Å²) in [4.78, 5) is 1.17. The summed E-state index contributed by atoms with van der Waals surface area (Å²) in [6.07, 6.45) is 9.94. The first-order valence-electron chi connectivity index (χ1n) is 10.4. The molecule has 1 N–H and O–H groups in total. The van der Waals surface area contributed by atoms with Crippen LogP contribution >= 0.6 is 11.8 Å². The molecule has 30 heavy (non-hydrogen) atoms. The molecule has 0 fully saturated rings. The summed E-state index contributed by atoms with van der Waals surface area (Å²) in [7, 11) is 1.65. The molecule has 4 nitrogen and oxygen atoms in total. The number of aliphatic hydroxyl groups excluding tert-OH is 1. The summed E-state index contributed by atoms with van der Waals surface area (Å²) in [6.45, 7) is 12.2. The number of benzene rings is 1. The SMILES string of the molecule is C/C=C(\C=C(/C=C(\C)OC(C)COC)Oc1ccc(SC)cc1)C(/O)=C\CC.CC. The van der Waals surface area contributed by atoms with Crippen molar-refractivity contribution >= 4 is 11.8 Å². The Labute approximate surface area is 187 Å². The molecule has 0 aliphatic rings. The Kier molecular flexibility index (Phi) is 15.5. The van der Waals surface area contributed by atoms with E-state index in [1.807, 2.05) is 84.2 Å². The Bertz CT molecular complexity index is 715. The van der Waals surface area contributed by atoms with E-state index in [1.54, 1.807) is 31.0 Å². The van der Waals surface area contributed by atoms with Crippen LogP contribution < -0.4 is 4.74 Å². The molecule has 0 aliphatic carbocycles. The van der Waals surface area contributed by atoms with Crippen molar-refractivity contribution in [3.63, 3.8) is 0 Å². The molecule has 1 unspecified atom stereocenters. The number of thioether (sulfide) groups is 1. The van der Waals surface area contributed by atoms with E-state index in [-0.39, 0.29) is 11.9 Å². The lowest BCUT2D eigenvalue weighted by Crippen LogP contribution is -2.13. The first-order chi connectivity index (χ1) is 14.4. The van der Waals surface area contributed by atoms with Crippen molar-refractivity contribution in [3.05, 3.63) is 71.4 Å². The van der Waals surface area contributed by atoms with Crippen molar-refractivity contribution < 1.29 is 19.3 Å². The van der Waals surface area contributed by atoms with Gasteiger partial charge in [0.2, 0.25) is 0 Å². The molecule has 168 valence electrons. The number of rotatable bonds is 11. The van der Waals surface area contributed by atoms with Crippen molar-refractivity contribution in [2.24, 2.45) is 0 Å². The Morgan fingerprint density at radius 2 is 1.80 bits per heavy atom. The third kappa shape index (κ3) is 11.2. The van der Waals surface area contributed by atoms with E-state index in [2.05, 4.69) is 0 Å². The van der Waals surface area contributed by atoms with Crippen LogP contribution in [0, 0.1) is 0 Å². The normalized spacial score (nSPS) is 14.0. The van der Waals surface area contributed by atoms with E-state index in [4.69, 9.17) is 14.2 Å². The van der Waals surface area contributed by atoms with E-state index in [1.165, 1.54) is 4.90 Å². The van der Waals surface area contributed by atoms with Crippen molar-refractivity contribution in [1.29, 1.82) is 0 Å². The monoisotopic (exact) mass is 434 g/mol. The third-order valence-electron chi connectivity index (χ3n) is 3.73. The minimum Gasteiger partial charge on any atom is -0.508 e. The molecule has 5 heteroatoms. The highest BCUT2D eigenvalue weighted by molar-refractivity contribution is 7.98. The maximum atomic E-state index is 10.3. The van der Waals surface area contributed by atoms with Gasteiger partial charge in [0.1, 0.15) is 23.4 Å². The summed E-state index contributed by atoms with van der Waals surface area (Å²) in [6, 6.07) is 7.87. The van der Waals surface area contributed by atoms with Gasteiger partial charge >= 0.3 is 0 Å². The van der Waals surface area contributed by atoms with E-state index in [0.717, 1.165) is 6.42 Å². The molecule has 0 aromatic heterocycles. The molecule has 1 aromatic carbocycles. The van der Waals surface area contributed by atoms with Gasteiger partial charge in [0.05, 0.1) is 12.4 Å². The predicted molar refractivity (Wildman–Crippen MR) is 129 cm³/mol. The quantitative estimate of drug-likeness (QED) is 0.223. The summed E-state index contributed by atoms with van der Waals surface area (Å²) in [5.74, 6) is 2.21. The van der Waals surface area contributed by atoms with Crippen LogP contribution in [0.5, 0.6) is 5.75 Å². The number of hydrogen-bond donors (Lipinski definition) is 1. The fourth-order valence-corrected chi connectivity index (χ4v) is 2.88. The van der Waals surface area contributed by atoms with Crippen molar-refractivity contribution in [2.45, 2.75) is 59.0 Å². The Morgan fingerprint density at radius 3 is 2.30 bits per heavy atom. The zero-order valence-electron chi connectivity index (χ0n) is 19.7. The molecule has 0 saturated carbocycles. The number of allylic oxidation sites excluding steroid dienone is 5. The molecular weight excluding hydrogens is 396 g/mol. The Balaban J connectivity index is 0.00000407. The van der Waals surface area contributed by atoms with Gasteiger partial charge in [-0.2, -0.15) is 0 Å². The molecule has 1 rings (SSSR count). The molecule has 0 saturated heterocycles. The summed E-state index contributed by atoms with van der Waals surface area (Å²) >= 11 is 1.68. The van der Waals surface area contributed by atoms with Crippen molar-refractivity contribution in [2.75, 3.05) is 20.0 Å². The molecule has 1 atom stereocenters. The van der Waals surface area contributed by atoms with Gasteiger partial charge in [-0.15, -0.1) is 11.8 Å². The van der Waals surface area contributed by atoms with Crippen LogP contribution in [0.2, 0.25) is 0 Å². The first kappa shape index (κ1) is 27.9. The third-order valence-corrected chi connectivity index (χ3v) is 4.47. The van der Waals surface area contributed by atoms with Gasteiger partial charge in [-0.05, 0) is 69.9 Å². The topological polar surface area (TPSA) is 47.9 Å². The molecule has 1 aromatic rings. The van der Waals surface area contributed by atoms with Gasteiger partial charge in [-0.1, -0.05) is 26.8 Å². The van der Waals surface area contributed by atoms with E-state index < -0.39 is 0 Å². The standard InChI is InChI=1S/C23H32O4S.C2H6/c1-7-9-23(24)19(8-2)15-21(14-17(3)26-18(4)16-25-5)27-20-10-12-22(28-6)13-11-20;1-2/h8-15,18,24H,7,16H2,1-6H3;1-2H3/b17-14+,19-8+,21-15+,23-9+;. The van der Waals surface area contributed by atoms with Crippen LogP contribution in [0.25, 0.3) is 0 Å². The van der Waals surface area contributed by atoms with Crippen molar-refractivity contribution in [3.8, 4) is 5.75 Å². The highest BCUT2D eigenvalue weighted by Crippen LogP contribution is 2.23. The van der Waals surface area contributed by atoms with Crippen molar-refractivity contribution in [1.82, 2.24) is 0 Å². The average Bonchev–Trinajstić information content (AvgIpc) is 2.74. The minimum absolute atomic E-state index is 0.0714. The molecule has 0 radical (unpaired) electrons.